The second kappa shape index (κ2) is 10.6. The van der Waals surface area contributed by atoms with E-state index in [0.29, 0.717) is 56.2 Å². The molecule has 1 saturated heterocycles. The summed E-state index contributed by atoms with van der Waals surface area (Å²) in [6.45, 7) is 2.17. The minimum Gasteiger partial charge on any atom is -0.499 e. The van der Waals surface area contributed by atoms with Crippen molar-refractivity contribution in [3.8, 4) is 5.75 Å². The van der Waals surface area contributed by atoms with Crippen LogP contribution in [0.2, 0.25) is 0 Å². The predicted octanol–water partition coefficient (Wildman–Crippen LogP) is 4.96. The van der Waals surface area contributed by atoms with Crippen molar-refractivity contribution in [2.45, 2.75) is 49.6 Å². The Morgan fingerprint density at radius 2 is 1.60 bits per heavy atom. The topological polar surface area (TPSA) is 68.2 Å². The number of carbonyl (C=O) groups is 1. The van der Waals surface area contributed by atoms with Gasteiger partial charge in [-0.1, -0.05) is 11.6 Å². The molecule has 1 aliphatic heterocycles. The number of hydrogen-bond acceptors (Lipinski definition) is 6. The van der Waals surface area contributed by atoms with Gasteiger partial charge >= 0.3 is 18.7 Å². The molecular weight excluding hydrogens is 565 g/mol. The first-order chi connectivity index (χ1) is 18.4. The molecule has 15 heteroatoms. The lowest BCUT2D eigenvalue weighted by Gasteiger charge is -2.37. The first-order valence-electron chi connectivity index (χ1n) is 12.0. The molecule has 40 heavy (non-hydrogen) atoms. The van der Waals surface area contributed by atoms with Gasteiger partial charge in [-0.3, -0.25) is 9.69 Å². The van der Waals surface area contributed by atoms with Crippen LogP contribution < -0.4 is 4.74 Å². The molecule has 6 nitrogen and oxygen atoms in total. The second-order valence-corrected chi connectivity index (χ2v) is 9.73. The number of carbonyl (C=O) groups excluding carboxylic acids is 1. The molecule has 1 heterocycles. The smallest absolute Gasteiger partial charge is 0.499 e. The summed E-state index contributed by atoms with van der Waals surface area (Å²) < 4.78 is 134. The average Bonchev–Trinajstić information content (AvgIpc) is 3.14. The van der Waals surface area contributed by atoms with Crippen LogP contribution in [0.1, 0.15) is 24.0 Å². The molecule has 1 aromatic rings. The third kappa shape index (κ3) is 5.81. The molecule has 2 atom stereocenters. The highest BCUT2D eigenvalue weighted by Crippen LogP contribution is 2.51. The number of aliphatic hydroxyl groups is 1. The van der Waals surface area contributed by atoms with E-state index in [0.717, 1.165) is 0 Å². The van der Waals surface area contributed by atoms with Crippen LogP contribution in [0.5, 0.6) is 5.75 Å². The summed E-state index contributed by atoms with van der Waals surface area (Å²) in [7, 11) is 1.43. The van der Waals surface area contributed by atoms with Crippen molar-refractivity contribution < 1.29 is 63.6 Å². The molecule has 1 aromatic carbocycles. The van der Waals surface area contributed by atoms with Crippen molar-refractivity contribution in [2.24, 2.45) is 5.92 Å². The van der Waals surface area contributed by atoms with Crippen molar-refractivity contribution in [1.82, 2.24) is 4.90 Å². The van der Waals surface area contributed by atoms with Gasteiger partial charge in [0.2, 0.25) is 0 Å². The minimum absolute atomic E-state index is 0.0883. The van der Waals surface area contributed by atoms with E-state index in [1.807, 2.05) is 0 Å². The molecule has 0 aromatic heterocycles. The molecule has 0 bridgehead atoms. The van der Waals surface area contributed by atoms with Crippen LogP contribution in [0, 0.1) is 5.92 Å². The minimum atomic E-state index is -6.33. The van der Waals surface area contributed by atoms with Crippen molar-refractivity contribution in [3.05, 3.63) is 52.3 Å². The van der Waals surface area contributed by atoms with E-state index >= 15 is 0 Å². The Labute approximate surface area is 222 Å². The van der Waals surface area contributed by atoms with Gasteiger partial charge in [0, 0.05) is 30.1 Å². The third-order valence-electron chi connectivity index (χ3n) is 7.21. The number of nitrogens with zero attached hydrogens (tertiary/aromatic N) is 1. The van der Waals surface area contributed by atoms with Crippen molar-refractivity contribution in [1.29, 1.82) is 0 Å². The number of halogens is 9. The van der Waals surface area contributed by atoms with Crippen LogP contribution >= 0.6 is 0 Å². The highest BCUT2D eigenvalue weighted by molar-refractivity contribution is 6.03. The summed E-state index contributed by atoms with van der Waals surface area (Å²) in [5.74, 6) is -2.36. The largest absolute Gasteiger partial charge is 0.573 e. The molecule has 0 saturated carbocycles. The van der Waals surface area contributed by atoms with Crippen molar-refractivity contribution in [2.75, 3.05) is 33.4 Å². The lowest BCUT2D eigenvalue weighted by atomic mass is 9.87. The third-order valence-corrected chi connectivity index (χ3v) is 7.21. The van der Waals surface area contributed by atoms with Crippen molar-refractivity contribution in [3.63, 3.8) is 0 Å². The number of alkyl halides is 9. The number of ketones is 1. The van der Waals surface area contributed by atoms with E-state index in [1.165, 1.54) is 7.11 Å². The van der Waals surface area contributed by atoms with E-state index in [2.05, 4.69) is 9.64 Å². The molecule has 0 amide bonds. The highest BCUT2D eigenvalue weighted by atomic mass is 19.4. The van der Waals surface area contributed by atoms with Gasteiger partial charge in [0.15, 0.2) is 5.78 Å². The lowest BCUT2D eigenvalue weighted by molar-refractivity contribution is -0.376. The Morgan fingerprint density at radius 3 is 2.15 bits per heavy atom. The zero-order valence-electron chi connectivity index (χ0n) is 20.8. The van der Waals surface area contributed by atoms with Gasteiger partial charge < -0.3 is 19.3 Å². The number of methoxy groups -OCH3 is 1. The van der Waals surface area contributed by atoms with Crippen LogP contribution in [0.15, 0.2) is 41.2 Å². The van der Waals surface area contributed by atoms with Crippen molar-refractivity contribution >= 4 is 5.78 Å². The summed E-state index contributed by atoms with van der Waals surface area (Å²) in [5, 5.41) is 9.80. The maximum Gasteiger partial charge on any atom is 0.573 e. The first-order valence-corrected chi connectivity index (χ1v) is 12.0. The number of ether oxygens (including phenoxy) is 3. The second-order valence-electron chi connectivity index (χ2n) is 9.73. The predicted molar refractivity (Wildman–Crippen MR) is 119 cm³/mol. The van der Waals surface area contributed by atoms with Gasteiger partial charge in [-0.2, -0.15) is 26.3 Å². The highest BCUT2D eigenvalue weighted by Gasteiger charge is 2.71. The quantitative estimate of drug-likeness (QED) is 0.474. The summed E-state index contributed by atoms with van der Waals surface area (Å²) in [5.41, 5.74) is -6.91. The standard InChI is InChI=1S/C25H24F9NO5/c1-38-20-12-18-14(10-19(20)35-2-4-39-5-3-35)9-15(21(18)36)6-13-7-16(11-17(8-13)40-25(32,33)34)22(37,23(26,27)28)24(29,30)31/h7-8,11-12,15,19,37H,2-6,9-10H2,1H3. The average molecular weight is 589 g/mol. The molecule has 2 unspecified atom stereocenters. The number of benzene rings is 1. The molecule has 222 valence electrons. The summed E-state index contributed by atoms with van der Waals surface area (Å²) in [4.78, 5) is 15.3. The van der Waals surface area contributed by atoms with Crippen LogP contribution in [0.3, 0.4) is 0 Å². The molecular formula is C25H24F9NO5. The van der Waals surface area contributed by atoms with Crippen LogP contribution in [-0.4, -0.2) is 74.0 Å². The molecule has 2 aliphatic carbocycles. The molecule has 1 fully saturated rings. The normalized spacial score (nSPS) is 23.3. The zero-order valence-corrected chi connectivity index (χ0v) is 20.8. The number of morpholine rings is 1. The van der Waals surface area contributed by atoms with Gasteiger partial charge in [0.1, 0.15) is 11.5 Å². The SMILES string of the molecule is COC1=CC2=C(CC(Cc3cc(OC(F)(F)F)cc(C(O)(C(F)(F)F)C(F)(F)F)c3)C2=O)CC1N1CCOCC1. The van der Waals surface area contributed by atoms with E-state index in [4.69, 9.17) is 9.47 Å². The Hall–Kier alpha value is -2.78. The van der Waals surface area contributed by atoms with E-state index in [9.17, 15) is 49.4 Å². The van der Waals surface area contributed by atoms with E-state index in [1.54, 1.807) is 6.08 Å². The fraction of sp³-hybridized carbons (Fsp3) is 0.560. The summed E-state index contributed by atoms with van der Waals surface area (Å²) in [6.07, 6.45) is -16.6. The van der Waals surface area contributed by atoms with Gasteiger partial charge in [-0.05, 0) is 43.0 Å². The van der Waals surface area contributed by atoms with E-state index < -0.39 is 59.3 Å². The van der Waals surface area contributed by atoms with E-state index in [-0.39, 0.29) is 24.1 Å². The monoisotopic (exact) mass is 589 g/mol. The number of allylic oxidation sites excluding steroid dienone is 2. The summed E-state index contributed by atoms with van der Waals surface area (Å²) >= 11 is 0. The van der Waals surface area contributed by atoms with Gasteiger partial charge in [0.05, 0.1) is 26.4 Å². The zero-order chi connectivity index (χ0) is 29.7. The molecule has 4 rings (SSSR count). The van der Waals surface area contributed by atoms with Crippen LogP contribution in [0.4, 0.5) is 39.5 Å². The molecule has 1 N–H and O–H groups in total. The molecule has 0 radical (unpaired) electrons. The number of rotatable bonds is 6. The molecule has 0 spiro atoms. The maximum atomic E-state index is 13.5. The fourth-order valence-corrected chi connectivity index (χ4v) is 5.34. The van der Waals surface area contributed by atoms with Gasteiger partial charge in [-0.15, -0.1) is 13.2 Å². The van der Waals surface area contributed by atoms with Crippen LogP contribution in [-0.2, 0) is 26.3 Å². The summed E-state index contributed by atoms with van der Waals surface area (Å²) in [6, 6.07) is 0.504. The Kier molecular flexibility index (Phi) is 7.97. The van der Waals surface area contributed by atoms with Gasteiger partial charge in [0.25, 0.3) is 5.60 Å². The Balaban J connectivity index is 1.66. The molecule has 3 aliphatic rings. The Morgan fingerprint density at radius 1 is 0.975 bits per heavy atom. The fourth-order valence-electron chi connectivity index (χ4n) is 5.34. The van der Waals surface area contributed by atoms with Gasteiger partial charge in [-0.25, -0.2) is 0 Å². The number of Topliss-reactive ketones (excluding diaryl/α,β-unsaturated/α-hetero) is 1. The first kappa shape index (κ1) is 30.2. The maximum absolute atomic E-state index is 13.5. The lowest BCUT2D eigenvalue weighted by Crippen LogP contribution is -2.54. The van der Waals surface area contributed by atoms with Crippen LogP contribution in [0.25, 0.3) is 0 Å². The Bertz CT molecular complexity index is 1180. The number of hydrogen-bond donors (Lipinski definition) is 1.